The molecule has 1 amide bonds. The fourth-order valence-electron chi connectivity index (χ4n) is 7.13. The summed E-state index contributed by atoms with van der Waals surface area (Å²) in [6.07, 6.45) is 9.06. The number of hydrogen-bond acceptors (Lipinski definition) is 11. The zero-order valence-corrected chi connectivity index (χ0v) is 24.7. The van der Waals surface area contributed by atoms with Gasteiger partial charge in [-0.15, -0.1) is 11.3 Å². The second-order valence-electron chi connectivity index (χ2n) is 11.9. The van der Waals surface area contributed by atoms with Crippen molar-refractivity contribution in [1.82, 2.24) is 29.8 Å². The molecule has 4 aliphatic rings. The Morgan fingerprint density at radius 3 is 2.95 bits per heavy atom. The number of hydrogen-bond donors (Lipinski definition) is 2. The number of amides is 1. The first-order valence-corrected chi connectivity index (χ1v) is 15.6. The number of anilines is 2. The Balaban J connectivity index is 1.07. The van der Waals surface area contributed by atoms with E-state index in [0.29, 0.717) is 40.6 Å². The molecular formula is C29H36N8O4S. The van der Waals surface area contributed by atoms with Gasteiger partial charge >= 0.3 is 5.97 Å². The third-order valence-corrected chi connectivity index (χ3v) is 10.1. The van der Waals surface area contributed by atoms with Gasteiger partial charge in [0.2, 0.25) is 5.88 Å². The maximum absolute atomic E-state index is 13.6. The van der Waals surface area contributed by atoms with Crippen molar-refractivity contribution >= 4 is 45.8 Å². The molecule has 2 saturated heterocycles. The Bertz CT molecular complexity index is 1570. The van der Waals surface area contributed by atoms with E-state index in [-0.39, 0.29) is 30.6 Å². The van der Waals surface area contributed by atoms with Gasteiger partial charge in [-0.25, -0.2) is 19.3 Å². The van der Waals surface area contributed by atoms with Gasteiger partial charge in [0.25, 0.3) is 5.91 Å². The molecule has 1 aliphatic carbocycles. The first kappa shape index (κ1) is 27.1. The number of rotatable bonds is 6. The van der Waals surface area contributed by atoms with E-state index in [1.807, 2.05) is 13.0 Å². The number of nitrogen functional groups attached to an aromatic ring is 1. The smallest absolute Gasteiger partial charge is 0.331 e. The summed E-state index contributed by atoms with van der Waals surface area (Å²) in [5, 5.41) is 8.49. The van der Waals surface area contributed by atoms with Crippen LogP contribution < -0.4 is 20.7 Å². The highest BCUT2D eigenvalue weighted by Gasteiger charge is 2.38. The molecule has 3 aliphatic heterocycles. The largest absolute Gasteiger partial charge is 0.473 e. The number of esters is 1. The number of aromatic nitrogens is 4. The van der Waals surface area contributed by atoms with Crippen LogP contribution in [0.5, 0.6) is 5.88 Å². The molecule has 3 fully saturated rings. The van der Waals surface area contributed by atoms with Gasteiger partial charge in [-0.2, -0.15) is 5.10 Å². The number of nitrogens with zero attached hydrogens (tertiary/aromatic N) is 6. The zero-order chi connectivity index (χ0) is 29.0. The number of ether oxygens (including phenoxy) is 2. The lowest BCUT2D eigenvalue weighted by atomic mass is 9.83. The number of nitrogens with two attached hydrogens (primary N) is 1. The lowest BCUT2D eigenvalue weighted by Gasteiger charge is -2.35. The maximum atomic E-state index is 13.6. The van der Waals surface area contributed by atoms with Crippen LogP contribution in [0.15, 0.2) is 18.5 Å². The predicted molar refractivity (Wildman–Crippen MR) is 159 cm³/mol. The molecule has 0 spiro atoms. The van der Waals surface area contributed by atoms with Gasteiger partial charge in [-0.3, -0.25) is 4.79 Å². The fraction of sp³-hybridized carbons (Fsp3) is 0.552. The first-order chi connectivity index (χ1) is 20.3. The number of cyclic esters (lactones) is 1. The minimum absolute atomic E-state index is 0.0779. The Labute approximate surface area is 247 Å². The molecule has 42 heavy (non-hydrogen) atoms. The van der Waals surface area contributed by atoms with Crippen LogP contribution in [0.25, 0.3) is 11.1 Å². The van der Waals surface area contributed by atoms with E-state index in [0.717, 1.165) is 67.2 Å². The third kappa shape index (κ3) is 4.98. The molecule has 12 nitrogen and oxygen atoms in total. The molecule has 3 aromatic rings. The molecule has 6 heterocycles. The molecule has 3 unspecified atom stereocenters. The van der Waals surface area contributed by atoms with Gasteiger partial charge in [0.05, 0.1) is 16.4 Å². The standard InChI is InChI=1S/C29H36N8O4S/c1-16-33-29(41-20-5-6-21-17(10-20)7-9-35(21)2)26(42-16)28(39)34-19-4-3-8-36(13-19)23-12-22(18-11-24(38)40-14-18)37-25(23)27(30)31-15-32-37/h11-12,15,17,19-21H,3-10,13-14H2,1-2H3,(H,34,39)(H2,30,31,32)/t17?,19-,20?,21?/m1/s1. The van der Waals surface area contributed by atoms with Crippen molar-refractivity contribution in [3.8, 4) is 5.88 Å². The molecule has 7 rings (SSSR count). The SMILES string of the molecule is Cc1nc(OC2CCC3C(CCN3C)C2)c(C(=O)N[C@@H]2CCCN(c3cc(C4=CC(=O)OC4)n4ncnc(N)c34)C2)s1. The quantitative estimate of drug-likeness (QED) is 0.411. The van der Waals surface area contributed by atoms with E-state index in [1.54, 1.807) is 4.52 Å². The molecule has 1 saturated carbocycles. The Morgan fingerprint density at radius 2 is 2.12 bits per heavy atom. The number of carbonyl (C=O) groups excluding carboxylic acids is 2. The van der Waals surface area contributed by atoms with Crippen molar-refractivity contribution in [3.05, 3.63) is 34.0 Å². The van der Waals surface area contributed by atoms with Crippen molar-refractivity contribution in [2.75, 3.05) is 43.9 Å². The molecule has 3 N–H and O–H groups in total. The number of nitrogens with one attached hydrogen (secondary N) is 1. The zero-order valence-electron chi connectivity index (χ0n) is 23.9. The molecule has 0 aromatic carbocycles. The summed E-state index contributed by atoms with van der Waals surface area (Å²) in [6, 6.07) is 2.56. The van der Waals surface area contributed by atoms with Gasteiger partial charge < -0.3 is 30.3 Å². The molecular weight excluding hydrogens is 556 g/mol. The van der Waals surface area contributed by atoms with Crippen molar-refractivity contribution in [1.29, 1.82) is 0 Å². The van der Waals surface area contributed by atoms with E-state index in [4.69, 9.17) is 15.2 Å². The second kappa shape index (κ2) is 10.8. The average molecular weight is 593 g/mol. The highest BCUT2D eigenvalue weighted by atomic mass is 32.1. The molecule has 4 atom stereocenters. The number of aryl methyl sites for hydroxylation is 1. The molecule has 0 bridgehead atoms. The van der Waals surface area contributed by atoms with Crippen molar-refractivity contribution < 1.29 is 19.1 Å². The van der Waals surface area contributed by atoms with Crippen LogP contribution in [0.3, 0.4) is 0 Å². The average Bonchev–Trinajstić information content (AvgIpc) is 3.75. The number of likely N-dealkylation sites (tertiary alicyclic amines) is 1. The highest BCUT2D eigenvalue weighted by molar-refractivity contribution is 7.13. The predicted octanol–water partition coefficient (Wildman–Crippen LogP) is 2.67. The summed E-state index contributed by atoms with van der Waals surface area (Å²) in [5.41, 5.74) is 9.34. The fourth-order valence-corrected chi connectivity index (χ4v) is 7.89. The summed E-state index contributed by atoms with van der Waals surface area (Å²) < 4.78 is 13.3. The Kier molecular flexibility index (Phi) is 7.01. The Hall–Kier alpha value is -3.71. The van der Waals surface area contributed by atoms with Crippen LogP contribution >= 0.6 is 11.3 Å². The number of thiazole rings is 1. The monoisotopic (exact) mass is 592 g/mol. The number of carbonyl (C=O) groups is 2. The lowest BCUT2D eigenvalue weighted by molar-refractivity contribution is -0.134. The van der Waals surface area contributed by atoms with Crippen LogP contribution in [0, 0.1) is 12.8 Å². The van der Waals surface area contributed by atoms with E-state index in [9.17, 15) is 9.59 Å². The number of fused-ring (bicyclic) bond motifs is 2. The van der Waals surface area contributed by atoms with Crippen molar-refractivity contribution in [2.24, 2.45) is 5.92 Å². The Morgan fingerprint density at radius 1 is 1.24 bits per heavy atom. The van der Waals surface area contributed by atoms with Gasteiger partial charge in [-0.1, -0.05) is 0 Å². The molecule has 3 aromatic heterocycles. The van der Waals surface area contributed by atoms with Gasteiger partial charge in [0.1, 0.15) is 24.6 Å². The summed E-state index contributed by atoms with van der Waals surface area (Å²) in [7, 11) is 2.22. The topological polar surface area (TPSA) is 140 Å². The van der Waals surface area contributed by atoms with Crippen LogP contribution in [-0.4, -0.2) is 87.8 Å². The van der Waals surface area contributed by atoms with Crippen molar-refractivity contribution in [2.45, 2.75) is 63.6 Å². The normalized spacial score (nSPS) is 26.3. The van der Waals surface area contributed by atoms with Gasteiger partial charge in [-0.05, 0) is 71.0 Å². The number of piperidine rings is 1. The van der Waals surface area contributed by atoms with E-state index >= 15 is 0 Å². The summed E-state index contributed by atoms with van der Waals surface area (Å²) in [4.78, 5) is 39.4. The third-order valence-electron chi connectivity index (χ3n) is 9.15. The lowest BCUT2D eigenvalue weighted by Crippen LogP contribution is -2.47. The highest BCUT2D eigenvalue weighted by Crippen LogP contribution is 2.38. The summed E-state index contributed by atoms with van der Waals surface area (Å²) in [5.74, 6) is 0.955. The summed E-state index contributed by atoms with van der Waals surface area (Å²) in [6.45, 7) is 4.64. The van der Waals surface area contributed by atoms with Crippen LogP contribution in [0.4, 0.5) is 11.5 Å². The first-order valence-electron chi connectivity index (χ1n) is 14.7. The maximum Gasteiger partial charge on any atom is 0.331 e. The van der Waals surface area contributed by atoms with Gasteiger partial charge in [0.15, 0.2) is 10.7 Å². The molecule has 0 radical (unpaired) electrons. The van der Waals surface area contributed by atoms with Crippen LogP contribution in [0.1, 0.15) is 58.9 Å². The van der Waals surface area contributed by atoms with E-state index in [1.165, 1.54) is 30.2 Å². The van der Waals surface area contributed by atoms with Crippen LogP contribution in [-0.2, 0) is 9.53 Å². The van der Waals surface area contributed by atoms with E-state index in [2.05, 4.69) is 37.2 Å². The van der Waals surface area contributed by atoms with Gasteiger partial charge in [0, 0.05) is 36.8 Å². The molecule has 222 valence electrons. The second-order valence-corrected chi connectivity index (χ2v) is 13.1. The van der Waals surface area contributed by atoms with E-state index < -0.39 is 0 Å². The summed E-state index contributed by atoms with van der Waals surface area (Å²) >= 11 is 1.39. The van der Waals surface area contributed by atoms with Crippen LogP contribution in [0.2, 0.25) is 0 Å². The molecule has 13 heteroatoms. The minimum atomic E-state index is -0.371. The van der Waals surface area contributed by atoms with Crippen molar-refractivity contribution in [3.63, 3.8) is 0 Å². The minimum Gasteiger partial charge on any atom is -0.473 e.